The molecule has 0 aliphatic rings. The van der Waals surface area contributed by atoms with Crippen LogP contribution in [-0.4, -0.2) is 27.8 Å². The number of rotatable bonds is 7. The quantitative estimate of drug-likeness (QED) is 0.477. The van der Waals surface area contributed by atoms with E-state index in [1.165, 1.54) is 36.0 Å². The van der Waals surface area contributed by atoms with Gasteiger partial charge in [0.15, 0.2) is 6.61 Å². The second-order valence-electron chi connectivity index (χ2n) is 5.63. The number of halogens is 1. The molecule has 0 saturated carbocycles. The Hall–Kier alpha value is -3.20. The van der Waals surface area contributed by atoms with E-state index in [0.29, 0.717) is 22.0 Å². The monoisotopic (exact) mass is 401 g/mol. The van der Waals surface area contributed by atoms with Crippen molar-refractivity contribution in [3.63, 3.8) is 0 Å². The van der Waals surface area contributed by atoms with Crippen molar-refractivity contribution >= 4 is 29.3 Å². The summed E-state index contributed by atoms with van der Waals surface area (Å²) in [6, 6.07) is 12.3. The number of aromatic nitrogens is 2. The molecular weight excluding hydrogens is 385 g/mol. The number of hydrogen-bond acceptors (Lipinski definition) is 7. The first-order chi connectivity index (χ1) is 13.5. The second kappa shape index (κ2) is 9.14. The van der Waals surface area contributed by atoms with Gasteiger partial charge >= 0.3 is 5.97 Å². The fraction of sp³-hybridized carbons (Fsp3) is 0.158. The third-order valence-electron chi connectivity index (χ3n) is 3.49. The van der Waals surface area contributed by atoms with E-state index in [-0.39, 0.29) is 30.0 Å². The largest absolute Gasteiger partial charge is 0.452 e. The summed E-state index contributed by atoms with van der Waals surface area (Å²) < 4.78 is 23.3. The third-order valence-corrected chi connectivity index (χ3v) is 4.56. The fourth-order valence-corrected chi connectivity index (χ4v) is 3.08. The average Bonchev–Trinajstić information content (AvgIpc) is 3.12. The maximum atomic E-state index is 12.9. The van der Waals surface area contributed by atoms with Gasteiger partial charge in [0.2, 0.25) is 11.8 Å². The smallest absolute Gasteiger partial charge is 0.339 e. The Balaban J connectivity index is 1.57. The SMILES string of the molecule is Cc1nnc(COC(=O)c2ccccc2SCC(=O)Nc2ccc(F)cc2)o1. The van der Waals surface area contributed by atoms with Crippen LogP contribution in [-0.2, 0) is 16.1 Å². The van der Waals surface area contributed by atoms with E-state index >= 15 is 0 Å². The van der Waals surface area contributed by atoms with Crippen LogP contribution in [0.1, 0.15) is 22.1 Å². The van der Waals surface area contributed by atoms with Crippen LogP contribution < -0.4 is 5.32 Å². The fourth-order valence-electron chi connectivity index (χ4n) is 2.24. The molecule has 0 atom stereocenters. The second-order valence-corrected chi connectivity index (χ2v) is 6.65. The number of anilines is 1. The Bertz CT molecular complexity index is 975. The predicted molar refractivity (Wildman–Crippen MR) is 100 cm³/mol. The van der Waals surface area contributed by atoms with Crippen molar-refractivity contribution in [3.05, 3.63) is 71.7 Å². The number of nitrogens with one attached hydrogen (secondary N) is 1. The molecule has 2 aromatic carbocycles. The van der Waals surface area contributed by atoms with Gasteiger partial charge in [-0.1, -0.05) is 12.1 Å². The highest BCUT2D eigenvalue weighted by molar-refractivity contribution is 8.00. The van der Waals surface area contributed by atoms with Crippen LogP contribution in [0.4, 0.5) is 10.1 Å². The van der Waals surface area contributed by atoms with Crippen LogP contribution in [0.15, 0.2) is 57.8 Å². The van der Waals surface area contributed by atoms with Crippen LogP contribution in [0, 0.1) is 12.7 Å². The number of nitrogens with zero attached hydrogens (tertiary/aromatic N) is 2. The molecule has 1 aromatic heterocycles. The van der Waals surface area contributed by atoms with E-state index in [1.54, 1.807) is 31.2 Å². The third kappa shape index (κ3) is 5.40. The van der Waals surface area contributed by atoms with Crippen LogP contribution in [0.25, 0.3) is 0 Å². The van der Waals surface area contributed by atoms with Crippen molar-refractivity contribution < 1.29 is 23.1 Å². The van der Waals surface area contributed by atoms with Gasteiger partial charge in [-0.25, -0.2) is 9.18 Å². The number of esters is 1. The van der Waals surface area contributed by atoms with Crippen LogP contribution >= 0.6 is 11.8 Å². The predicted octanol–water partition coefficient (Wildman–Crippen LogP) is 3.60. The number of aryl methyl sites for hydroxylation is 1. The first-order valence-electron chi connectivity index (χ1n) is 8.24. The summed E-state index contributed by atoms with van der Waals surface area (Å²) in [4.78, 5) is 25.0. The Kier molecular flexibility index (Phi) is 6.38. The van der Waals surface area contributed by atoms with Gasteiger partial charge in [0, 0.05) is 17.5 Å². The summed E-state index contributed by atoms with van der Waals surface area (Å²) in [7, 11) is 0. The summed E-state index contributed by atoms with van der Waals surface area (Å²) in [6.45, 7) is 1.50. The first kappa shape index (κ1) is 19.6. The average molecular weight is 401 g/mol. The summed E-state index contributed by atoms with van der Waals surface area (Å²) in [5.41, 5.74) is 0.827. The van der Waals surface area contributed by atoms with Gasteiger partial charge in [0.05, 0.1) is 11.3 Å². The van der Waals surface area contributed by atoms with Gasteiger partial charge in [-0.05, 0) is 36.4 Å². The van der Waals surface area contributed by atoms with Crippen molar-refractivity contribution in [1.29, 1.82) is 0 Å². The molecule has 0 saturated heterocycles. The molecule has 1 heterocycles. The molecule has 144 valence electrons. The Morgan fingerprint density at radius 3 is 2.61 bits per heavy atom. The van der Waals surface area contributed by atoms with Crippen LogP contribution in [0.3, 0.4) is 0 Å². The van der Waals surface area contributed by atoms with E-state index < -0.39 is 5.97 Å². The summed E-state index contributed by atoms with van der Waals surface area (Å²) in [5, 5.41) is 10.1. The van der Waals surface area contributed by atoms with Crippen molar-refractivity contribution in [2.45, 2.75) is 18.4 Å². The number of benzene rings is 2. The molecule has 0 radical (unpaired) electrons. The van der Waals surface area contributed by atoms with Gasteiger partial charge in [-0.3, -0.25) is 4.79 Å². The molecular formula is C19H16FN3O4S. The minimum absolute atomic E-state index is 0.0739. The molecule has 28 heavy (non-hydrogen) atoms. The molecule has 7 nitrogen and oxygen atoms in total. The molecule has 1 amide bonds. The van der Waals surface area contributed by atoms with E-state index in [4.69, 9.17) is 9.15 Å². The van der Waals surface area contributed by atoms with E-state index in [9.17, 15) is 14.0 Å². The van der Waals surface area contributed by atoms with Crippen molar-refractivity contribution in [2.75, 3.05) is 11.1 Å². The lowest BCUT2D eigenvalue weighted by molar-refractivity contribution is -0.113. The molecule has 0 bridgehead atoms. The highest BCUT2D eigenvalue weighted by Crippen LogP contribution is 2.24. The molecule has 0 spiro atoms. The van der Waals surface area contributed by atoms with Gasteiger partial charge in [0.1, 0.15) is 5.82 Å². The standard InChI is InChI=1S/C19H16FN3O4S/c1-12-22-23-18(27-12)10-26-19(25)15-4-2-3-5-16(15)28-11-17(24)21-14-8-6-13(20)7-9-14/h2-9H,10-11H2,1H3,(H,21,24). The lowest BCUT2D eigenvalue weighted by Crippen LogP contribution is -2.14. The molecule has 9 heteroatoms. The number of ether oxygens (including phenoxy) is 1. The highest BCUT2D eigenvalue weighted by atomic mass is 32.2. The zero-order valence-electron chi connectivity index (χ0n) is 14.8. The molecule has 0 unspecified atom stereocenters. The van der Waals surface area contributed by atoms with Crippen LogP contribution in [0.5, 0.6) is 0 Å². The molecule has 1 N–H and O–H groups in total. The van der Waals surface area contributed by atoms with E-state index in [0.717, 1.165) is 0 Å². The minimum atomic E-state index is -0.558. The lowest BCUT2D eigenvalue weighted by atomic mass is 10.2. The minimum Gasteiger partial charge on any atom is -0.452 e. The molecule has 0 aliphatic heterocycles. The number of carbonyl (C=O) groups is 2. The van der Waals surface area contributed by atoms with Crippen LogP contribution in [0.2, 0.25) is 0 Å². The molecule has 0 aliphatic carbocycles. The Labute approximate surface area is 164 Å². The van der Waals surface area contributed by atoms with Crippen molar-refractivity contribution in [2.24, 2.45) is 0 Å². The zero-order valence-corrected chi connectivity index (χ0v) is 15.7. The van der Waals surface area contributed by atoms with E-state index in [1.807, 2.05) is 0 Å². The normalized spacial score (nSPS) is 10.5. The topological polar surface area (TPSA) is 94.3 Å². The Morgan fingerprint density at radius 2 is 1.89 bits per heavy atom. The molecule has 0 fully saturated rings. The summed E-state index contributed by atoms with van der Waals surface area (Å²) in [5.74, 6) is -0.553. The Morgan fingerprint density at radius 1 is 1.14 bits per heavy atom. The number of amides is 1. The van der Waals surface area contributed by atoms with E-state index in [2.05, 4.69) is 15.5 Å². The summed E-state index contributed by atoms with van der Waals surface area (Å²) in [6.07, 6.45) is 0. The number of thioether (sulfide) groups is 1. The van der Waals surface area contributed by atoms with Gasteiger partial charge in [-0.15, -0.1) is 22.0 Å². The first-order valence-corrected chi connectivity index (χ1v) is 9.23. The number of hydrogen-bond donors (Lipinski definition) is 1. The van der Waals surface area contributed by atoms with Gasteiger partial charge in [0.25, 0.3) is 5.89 Å². The van der Waals surface area contributed by atoms with Crippen molar-refractivity contribution in [3.8, 4) is 0 Å². The van der Waals surface area contributed by atoms with Crippen molar-refractivity contribution in [1.82, 2.24) is 10.2 Å². The zero-order chi connectivity index (χ0) is 19.9. The summed E-state index contributed by atoms with van der Waals surface area (Å²) >= 11 is 1.19. The molecule has 3 aromatic rings. The van der Waals surface area contributed by atoms with Gasteiger partial charge < -0.3 is 14.5 Å². The lowest BCUT2D eigenvalue weighted by Gasteiger charge is -2.09. The van der Waals surface area contributed by atoms with Gasteiger partial charge in [-0.2, -0.15) is 0 Å². The highest BCUT2D eigenvalue weighted by Gasteiger charge is 2.15. The maximum absolute atomic E-state index is 12.9. The maximum Gasteiger partial charge on any atom is 0.339 e. The number of carbonyl (C=O) groups excluding carboxylic acids is 2. The molecule has 3 rings (SSSR count).